The Hall–Kier alpha value is -2.55. The predicted octanol–water partition coefficient (Wildman–Crippen LogP) is 12.7. The van der Waals surface area contributed by atoms with Crippen molar-refractivity contribution in [2.45, 2.75) is 187 Å². The van der Waals surface area contributed by atoms with Crippen LogP contribution in [0.15, 0.2) is 72.9 Å². The van der Waals surface area contributed by atoms with Crippen molar-refractivity contribution >= 4 is 19.7 Å². The zero-order valence-electron chi connectivity index (χ0n) is 36.0. The lowest BCUT2D eigenvalue weighted by Gasteiger charge is -2.15. The molecule has 0 aliphatic heterocycles. The summed E-state index contributed by atoms with van der Waals surface area (Å²) in [7, 11) is -4.43. The van der Waals surface area contributed by atoms with Crippen molar-refractivity contribution in [3.05, 3.63) is 72.9 Å². The molecule has 0 heterocycles. The third kappa shape index (κ3) is 44.4. The van der Waals surface area contributed by atoms with Crippen LogP contribution in [0.4, 0.5) is 0 Å². The number of unbranched alkanes of at least 4 members (excludes halogenated alkanes) is 16. The Morgan fingerprint density at radius 2 is 1.00 bits per heavy atom. The molecular formula is C47H82NO8P. The summed E-state index contributed by atoms with van der Waals surface area (Å²) < 4.78 is 26.9. The lowest BCUT2D eigenvalue weighted by atomic mass is 10.1. The van der Waals surface area contributed by atoms with E-state index in [-0.39, 0.29) is 32.1 Å². The first-order valence-corrected chi connectivity index (χ1v) is 23.9. The van der Waals surface area contributed by atoms with Gasteiger partial charge in [0.1, 0.15) is 12.7 Å². The summed E-state index contributed by atoms with van der Waals surface area (Å²) in [5.74, 6) is -0.548. The maximum absolute atomic E-state index is 12.1. The lowest BCUT2D eigenvalue weighted by Crippen LogP contribution is -2.27. The summed E-state index contributed by atoms with van der Waals surface area (Å²) in [5.41, 5.74) is 0. The number of hydrogen-bond acceptors (Lipinski definition) is 7. The van der Waals surface area contributed by atoms with Crippen molar-refractivity contribution in [1.29, 1.82) is 0 Å². The number of aliphatic hydroxyl groups is 1. The number of rotatable bonds is 41. The van der Waals surface area contributed by atoms with E-state index in [4.69, 9.17) is 13.8 Å². The monoisotopic (exact) mass is 820 g/mol. The van der Waals surface area contributed by atoms with Gasteiger partial charge in [-0.3, -0.25) is 18.6 Å². The second-order valence-electron chi connectivity index (χ2n) is 14.6. The molecule has 0 saturated heterocycles. The Bertz CT molecular complexity index is 1160. The van der Waals surface area contributed by atoms with Gasteiger partial charge in [0.25, 0.3) is 0 Å². The van der Waals surface area contributed by atoms with Crippen LogP contribution in [0.3, 0.4) is 0 Å². The molecule has 10 heteroatoms. The lowest BCUT2D eigenvalue weighted by molar-refractivity contribution is -0.147. The maximum atomic E-state index is 12.1. The zero-order valence-corrected chi connectivity index (χ0v) is 36.9. The van der Waals surface area contributed by atoms with Gasteiger partial charge in [0, 0.05) is 19.4 Å². The zero-order chi connectivity index (χ0) is 41.8. The molecule has 0 spiro atoms. The Morgan fingerprint density at radius 3 is 1.53 bits per heavy atom. The highest BCUT2D eigenvalue weighted by Crippen LogP contribution is 2.42. The Labute approximate surface area is 348 Å². The van der Waals surface area contributed by atoms with Crippen LogP contribution in [0, 0.1) is 0 Å². The number of nitrogens with one attached hydrogen (secondary N) is 1. The average molecular weight is 820 g/mol. The molecule has 0 aliphatic rings. The van der Waals surface area contributed by atoms with Crippen molar-refractivity contribution in [2.24, 2.45) is 0 Å². The van der Waals surface area contributed by atoms with E-state index in [1.165, 1.54) is 51.4 Å². The Kier molecular flexibility index (Phi) is 41.1. The van der Waals surface area contributed by atoms with Crippen LogP contribution in [-0.2, 0) is 27.9 Å². The topological polar surface area (TPSA) is 131 Å². The van der Waals surface area contributed by atoms with Crippen LogP contribution in [0.2, 0.25) is 0 Å². The molecule has 328 valence electrons. The quantitative estimate of drug-likeness (QED) is 0.0240. The first-order valence-electron chi connectivity index (χ1n) is 22.4. The molecule has 0 fully saturated rings. The summed E-state index contributed by atoms with van der Waals surface area (Å²) >= 11 is 0. The van der Waals surface area contributed by atoms with Crippen molar-refractivity contribution < 1.29 is 37.9 Å². The number of carbonyl (C=O) groups is 2. The summed E-state index contributed by atoms with van der Waals surface area (Å²) in [5, 5.41) is 12.7. The van der Waals surface area contributed by atoms with Crippen LogP contribution in [0.1, 0.15) is 181 Å². The van der Waals surface area contributed by atoms with Crippen LogP contribution >= 0.6 is 7.82 Å². The highest BCUT2D eigenvalue weighted by atomic mass is 31.2. The normalized spacial score (nSPS) is 14.0. The average Bonchev–Trinajstić information content (AvgIpc) is 3.20. The van der Waals surface area contributed by atoms with Crippen molar-refractivity contribution in [2.75, 3.05) is 26.4 Å². The highest BCUT2D eigenvalue weighted by molar-refractivity contribution is 7.47. The Balaban J connectivity index is 3.66. The summed E-state index contributed by atoms with van der Waals surface area (Å²) in [6.45, 7) is 3.39. The van der Waals surface area contributed by atoms with Gasteiger partial charge in [-0.05, 0) is 83.5 Å². The molecule has 9 nitrogen and oxygen atoms in total. The first kappa shape index (κ1) is 54.5. The molecular weight excluding hydrogens is 737 g/mol. The largest absolute Gasteiger partial charge is 0.472 e. The fourth-order valence-electron chi connectivity index (χ4n) is 5.75. The van der Waals surface area contributed by atoms with Gasteiger partial charge in [-0.15, -0.1) is 0 Å². The van der Waals surface area contributed by atoms with Gasteiger partial charge in [0.15, 0.2) is 0 Å². The molecule has 0 saturated carbocycles. The van der Waals surface area contributed by atoms with Gasteiger partial charge in [-0.2, -0.15) is 0 Å². The molecule has 0 bridgehead atoms. The third-order valence-corrected chi connectivity index (χ3v) is 10.1. The van der Waals surface area contributed by atoms with Gasteiger partial charge in [0.2, 0.25) is 5.91 Å². The van der Waals surface area contributed by atoms with Crippen LogP contribution in [0.5, 0.6) is 0 Å². The number of esters is 1. The fraction of sp³-hybridized carbons (Fsp3) is 0.702. The number of phosphoric acid groups is 1. The van der Waals surface area contributed by atoms with Gasteiger partial charge in [-0.1, -0.05) is 157 Å². The van der Waals surface area contributed by atoms with Crippen LogP contribution in [-0.4, -0.2) is 54.3 Å². The number of amides is 1. The fourth-order valence-corrected chi connectivity index (χ4v) is 6.51. The molecule has 57 heavy (non-hydrogen) atoms. The standard InChI is InChI=1S/C47H82NO8P/c1-3-5-7-9-11-13-15-17-19-20-21-22-23-24-26-28-30-32-34-36-38-40-47(51)54-43-45(49)44-56-57(52,53)55-42-41-48-46(50)39-37-35-33-31-29-27-25-18-16-14-12-10-8-6-4-2/h5,7,11,13,17-19,21-22,24-26,45,49H,3-4,6,8-10,12,14-16,20,23,27-44H2,1-2H3,(H,48,50)(H,52,53)/b7-5-,13-11-,19-17-,22-21-,25-18-,26-24-. The molecule has 3 N–H and O–H groups in total. The van der Waals surface area contributed by atoms with E-state index in [0.29, 0.717) is 12.8 Å². The summed E-state index contributed by atoms with van der Waals surface area (Å²) in [4.78, 5) is 33.9. The highest BCUT2D eigenvalue weighted by Gasteiger charge is 2.23. The second kappa shape index (κ2) is 43.0. The smallest absolute Gasteiger partial charge is 0.463 e. The number of ether oxygens (including phenoxy) is 1. The second-order valence-corrected chi connectivity index (χ2v) is 16.1. The van der Waals surface area contributed by atoms with E-state index in [1.54, 1.807) is 0 Å². The number of carbonyl (C=O) groups excluding carboxylic acids is 2. The summed E-state index contributed by atoms with van der Waals surface area (Å²) in [6.07, 6.45) is 52.6. The SMILES string of the molecule is CC/C=C\C/C=C\C/C=C\C/C=C\C/C=C\CCCCCCCC(=O)OCC(O)COP(=O)(O)OCCNC(=O)CCCCCCC/C=C\CCCCCCCC. The van der Waals surface area contributed by atoms with E-state index < -0.39 is 26.5 Å². The molecule has 0 rings (SSSR count). The van der Waals surface area contributed by atoms with Gasteiger partial charge < -0.3 is 20.1 Å². The third-order valence-electron chi connectivity index (χ3n) is 9.12. The van der Waals surface area contributed by atoms with Crippen molar-refractivity contribution in [3.8, 4) is 0 Å². The minimum Gasteiger partial charge on any atom is -0.463 e. The van der Waals surface area contributed by atoms with Gasteiger partial charge in [-0.25, -0.2) is 4.57 Å². The number of allylic oxidation sites excluding steroid dienone is 12. The van der Waals surface area contributed by atoms with E-state index >= 15 is 0 Å². The Morgan fingerprint density at radius 1 is 0.561 bits per heavy atom. The molecule has 0 aromatic carbocycles. The minimum absolute atomic E-state index is 0.0717. The number of hydrogen-bond donors (Lipinski definition) is 3. The van der Waals surface area contributed by atoms with E-state index in [0.717, 1.165) is 96.3 Å². The van der Waals surface area contributed by atoms with Crippen LogP contribution in [0.25, 0.3) is 0 Å². The molecule has 0 radical (unpaired) electrons. The molecule has 0 aromatic rings. The molecule has 2 atom stereocenters. The van der Waals surface area contributed by atoms with E-state index in [9.17, 15) is 24.2 Å². The summed E-state index contributed by atoms with van der Waals surface area (Å²) in [6, 6.07) is 0. The van der Waals surface area contributed by atoms with Crippen LogP contribution < -0.4 is 5.32 Å². The van der Waals surface area contributed by atoms with E-state index in [2.05, 4.69) is 92.1 Å². The van der Waals surface area contributed by atoms with Crippen molar-refractivity contribution in [1.82, 2.24) is 5.32 Å². The minimum atomic E-state index is -4.43. The molecule has 0 aromatic heterocycles. The molecule has 0 aliphatic carbocycles. The number of aliphatic hydroxyl groups excluding tert-OH is 1. The van der Waals surface area contributed by atoms with Crippen molar-refractivity contribution in [3.63, 3.8) is 0 Å². The van der Waals surface area contributed by atoms with Gasteiger partial charge >= 0.3 is 13.8 Å². The molecule has 2 unspecified atom stereocenters. The van der Waals surface area contributed by atoms with Gasteiger partial charge in [0.05, 0.1) is 13.2 Å². The first-order chi connectivity index (χ1) is 27.8. The predicted molar refractivity (Wildman–Crippen MR) is 238 cm³/mol. The molecule has 1 amide bonds. The number of phosphoric ester groups is 1. The maximum Gasteiger partial charge on any atom is 0.472 e. The van der Waals surface area contributed by atoms with E-state index in [1.807, 2.05) is 0 Å².